The number of rotatable bonds is 5. The fourth-order valence-electron chi connectivity index (χ4n) is 4.85. The van der Waals surface area contributed by atoms with Gasteiger partial charge in [-0.25, -0.2) is 0 Å². The van der Waals surface area contributed by atoms with Crippen molar-refractivity contribution in [1.29, 1.82) is 0 Å². The summed E-state index contributed by atoms with van der Waals surface area (Å²) in [6.45, 7) is 8.22. The van der Waals surface area contributed by atoms with E-state index < -0.39 is 0 Å². The molecule has 0 bridgehead atoms. The number of piperidine rings is 1. The molecule has 3 aliphatic rings. The number of nitrogens with zero attached hydrogens (tertiary/aromatic N) is 6. The average Bonchev–Trinajstić information content (AvgIpc) is 2.99. The summed E-state index contributed by atoms with van der Waals surface area (Å²) in [6.07, 6.45) is 5.76. The van der Waals surface area contributed by atoms with Gasteiger partial charge in [0, 0.05) is 38.9 Å². The maximum absolute atomic E-state index is 5.69. The zero-order valence-electron chi connectivity index (χ0n) is 15.8. The molecule has 7 heteroatoms. The van der Waals surface area contributed by atoms with E-state index in [-0.39, 0.29) is 5.41 Å². The lowest BCUT2D eigenvalue weighted by Gasteiger charge is -2.39. The summed E-state index contributed by atoms with van der Waals surface area (Å²) in [5.74, 6) is 2.98. The highest BCUT2D eigenvalue weighted by Crippen LogP contribution is 2.44. The van der Waals surface area contributed by atoms with E-state index >= 15 is 0 Å². The highest BCUT2D eigenvalue weighted by molar-refractivity contribution is 5.17. The molecule has 140 valence electrons. The molecule has 0 spiro atoms. The summed E-state index contributed by atoms with van der Waals surface area (Å²) in [5.41, 5.74) is 1.34. The average molecular weight is 356 g/mol. The number of aryl methyl sites for hydroxylation is 1. The van der Waals surface area contributed by atoms with Crippen LogP contribution in [-0.2, 0) is 18.5 Å². The molecule has 2 aromatic heterocycles. The number of hydrogen-bond acceptors (Lipinski definition) is 6. The van der Waals surface area contributed by atoms with Gasteiger partial charge in [-0.15, -0.1) is 0 Å². The quantitative estimate of drug-likeness (QED) is 0.812. The zero-order valence-corrected chi connectivity index (χ0v) is 15.8. The van der Waals surface area contributed by atoms with E-state index in [4.69, 9.17) is 4.52 Å². The summed E-state index contributed by atoms with van der Waals surface area (Å²) >= 11 is 0. The van der Waals surface area contributed by atoms with E-state index in [1.54, 1.807) is 0 Å². The Labute approximate surface area is 154 Å². The lowest BCUT2D eigenvalue weighted by atomic mass is 9.72. The van der Waals surface area contributed by atoms with Crippen molar-refractivity contribution in [2.45, 2.75) is 44.7 Å². The van der Waals surface area contributed by atoms with Gasteiger partial charge in [0.2, 0.25) is 5.89 Å². The van der Waals surface area contributed by atoms with E-state index in [1.165, 1.54) is 18.5 Å². The van der Waals surface area contributed by atoms with Crippen LogP contribution in [0.15, 0.2) is 16.8 Å². The van der Waals surface area contributed by atoms with Gasteiger partial charge in [-0.3, -0.25) is 9.58 Å². The third-order valence-electron chi connectivity index (χ3n) is 6.51. The minimum atomic E-state index is 0.00904. The van der Waals surface area contributed by atoms with Gasteiger partial charge in [-0.1, -0.05) is 5.16 Å². The van der Waals surface area contributed by atoms with Crippen LogP contribution in [0.3, 0.4) is 0 Å². The van der Waals surface area contributed by atoms with Crippen LogP contribution in [0.25, 0.3) is 0 Å². The van der Waals surface area contributed by atoms with Crippen molar-refractivity contribution in [2.24, 2.45) is 11.8 Å². The first kappa shape index (κ1) is 16.4. The van der Waals surface area contributed by atoms with Gasteiger partial charge in [-0.05, 0) is 57.7 Å². The fourth-order valence-corrected chi connectivity index (χ4v) is 4.85. The molecule has 5 rings (SSSR count). The third kappa shape index (κ3) is 2.87. The van der Waals surface area contributed by atoms with Gasteiger partial charge in [0.25, 0.3) is 0 Å². The lowest BCUT2D eigenvalue weighted by Crippen LogP contribution is -2.48. The smallest absolute Gasteiger partial charge is 0.234 e. The summed E-state index contributed by atoms with van der Waals surface area (Å²) in [4.78, 5) is 9.66. The van der Waals surface area contributed by atoms with Crippen LogP contribution in [0.4, 0.5) is 0 Å². The third-order valence-corrected chi connectivity index (χ3v) is 6.51. The van der Waals surface area contributed by atoms with Gasteiger partial charge in [0.05, 0.1) is 11.1 Å². The van der Waals surface area contributed by atoms with Crippen molar-refractivity contribution in [1.82, 2.24) is 29.7 Å². The molecular formula is C19H28N6O. The van der Waals surface area contributed by atoms with E-state index in [9.17, 15) is 0 Å². The predicted octanol–water partition coefficient (Wildman–Crippen LogP) is 1.69. The van der Waals surface area contributed by atoms with Crippen molar-refractivity contribution in [3.63, 3.8) is 0 Å². The van der Waals surface area contributed by atoms with E-state index in [1.807, 2.05) is 13.1 Å². The molecule has 0 unspecified atom stereocenters. The molecule has 0 N–H and O–H groups in total. The van der Waals surface area contributed by atoms with Gasteiger partial charge in [0.15, 0.2) is 5.82 Å². The van der Waals surface area contributed by atoms with Gasteiger partial charge >= 0.3 is 0 Å². The summed E-state index contributed by atoms with van der Waals surface area (Å²) in [6, 6.07) is 2.18. The summed E-state index contributed by atoms with van der Waals surface area (Å²) in [5, 5.41) is 8.65. The van der Waals surface area contributed by atoms with Crippen molar-refractivity contribution < 1.29 is 4.52 Å². The van der Waals surface area contributed by atoms with Crippen molar-refractivity contribution in [2.75, 3.05) is 33.2 Å². The molecule has 0 amide bonds. The molecule has 26 heavy (non-hydrogen) atoms. The maximum atomic E-state index is 5.69. The molecule has 1 saturated carbocycles. The first-order chi connectivity index (χ1) is 12.6. The lowest BCUT2D eigenvalue weighted by molar-refractivity contribution is 0.118. The van der Waals surface area contributed by atoms with Crippen LogP contribution >= 0.6 is 0 Å². The second kappa shape index (κ2) is 6.16. The Bertz CT molecular complexity index is 781. The van der Waals surface area contributed by atoms with Gasteiger partial charge < -0.3 is 9.42 Å². The maximum Gasteiger partial charge on any atom is 0.234 e. The van der Waals surface area contributed by atoms with E-state index in [2.05, 4.69) is 42.8 Å². The molecule has 2 aliphatic heterocycles. The predicted molar refractivity (Wildman–Crippen MR) is 96.5 cm³/mol. The molecule has 4 heterocycles. The molecule has 0 aromatic carbocycles. The topological polar surface area (TPSA) is 63.2 Å². The Hall–Kier alpha value is -1.73. The molecule has 0 radical (unpaired) electrons. The monoisotopic (exact) mass is 356 g/mol. The highest BCUT2D eigenvalue weighted by Gasteiger charge is 2.53. The zero-order chi connectivity index (χ0) is 17.7. The first-order valence-corrected chi connectivity index (χ1v) is 9.85. The number of aromatic nitrogens is 4. The minimum Gasteiger partial charge on any atom is -0.339 e. The van der Waals surface area contributed by atoms with Crippen molar-refractivity contribution in [3.8, 4) is 0 Å². The second-order valence-electron chi connectivity index (χ2n) is 8.63. The molecule has 3 fully saturated rings. The van der Waals surface area contributed by atoms with Crippen molar-refractivity contribution in [3.05, 3.63) is 29.7 Å². The molecule has 1 aliphatic carbocycles. The molecule has 7 nitrogen and oxygen atoms in total. The Kier molecular flexibility index (Phi) is 3.90. The molecule has 2 saturated heterocycles. The molecular weight excluding hydrogens is 328 g/mol. The highest BCUT2D eigenvalue weighted by atomic mass is 16.5. The largest absolute Gasteiger partial charge is 0.339 e. The van der Waals surface area contributed by atoms with Crippen LogP contribution in [0.1, 0.15) is 36.7 Å². The SMILES string of the molecule is Cc1noc([C@@]23CCN(C)C[C@@H]2CN(Cc2ccnn2CC2CC2)C3)n1. The molecule has 2 aromatic rings. The van der Waals surface area contributed by atoms with Gasteiger partial charge in [-0.2, -0.15) is 10.1 Å². The Balaban J connectivity index is 1.38. The molecule has 2 atom stereocenters. The second-order valence-corrected chi connectivity index (χ2v) is 8.63. The summed E-state index contributed by atoms with van der Waals surface area (Å²) in [7, 11) is 2.22. The minimum absolute atomic E-state index is 0.00904. The van der Waals surface area contributed by atoms with Crippen LogP contribution in [-0.4, -0.2) is 62.9 Å². The Morgan fingerprint density at radius 1 is 1.31 bits per heavy atom. The van der Waals surface area contributed by atoms with Crippen LogP contribution < -0.4 is 0 Å². The van der Waals surface area contributed by atoms with Crippen LogP contribution in [0.5, 0.6) is 0 Å². The van der Waals surface area contributed by atoms with Gasteiger partial charge in [0.1, 0.15) is 0 Å². The normalized spacial score (nSPS) is 30.0. The van der Waals surface area contributed by atoms with Crippen molar-refractivity contribution >= 4 is 0 Å². The number of likely N-dealkylation sites (tertiary alicyclic amines) is 2. The van der Waals surface area contributed by atoms with E-state index in [0.29, 0.717) is 5.92 Å². The Morgan fingerprint density at radius 2 is 2.19 bits per heavy atom. The number of hydrogen-bond donors (Lipinski definition) is 0. The number of fused-ring (bicyclic) bond motifs is 1. The van der Waals surface area contributed by atoms with Crippen LogP contribution in [0, 0.1) is 18.8 Å². The van der Waals surface area contributed by atoms with E-state index in [0.717, 1.165) is 63.3 Å². The Morgan fingerprint density at radius 3 is 2.96 bits per heavy atom. The first-order valence-electron chi connectivity index (χ1n) is 9.85. The summed E-state index contributed by atoms with van der Waals surface area (Å²) < 4.78 is 7.91. The van der Waals surface area contributed by atoms with Crippen LogP contribution in [0.2, 0.25) is 0 Å². The fraction of sp³-hybridized carbons (Fsp3) is 0.737. The standard InChI is InChI=1S/C19H28N6O/c1-14-21-18(26-22-14)19-6-8-23(2)10-16(19)11-24(13-19)12-17-5-7-20-25(17)9-15-3-4-15/h5,7,15-16H,3-4,6,8-13H2,1-2H3/t16-,19-/m1/s1.